The number of para-hydroxylation sites is 1. The van der Waals surface area contributed by atoms with Crippen LogP contribution in [0.5, 0.6) is 5.75 Å². The van der Waals surface area contributed by atoms with E-state index in [1.54, 1.807) is 25.2 Å². The molecule has 26 heavy (non-hydrogen) atoms. The molecule has 1 saturated heterocycles. The van der Waals surface area contributed by atoms with Gasteiger partial charge in [-0.2, -0.15) is 0 Å². The summed E-state index contributed by atoms with van der Waals surface area (Å²) in [5, 5.41) is 6.43. The number of hydrogen-bond donors (Lipinski definition) is 2. The molecule has 1 fully saturated rings. The molecule has 1 aliphatic heterocycles. The van der Waals surface area contributed by atoms with Crippen molar-refractivity contribution in [2.75, 3.05) is 40.0 Å². The second kappa shape index (κ2) is 11.7. The molecule has 0 aliphatic carbocycles. The molecule has 0 saturated carbocycles. The van der Waals surface area contributed by atoms with Crippen molar-refractivity contribution >= 4 is 5.96 Å². The molecule has 2 rings (SSSR count). The molecule has 1 aromatic carbocycles. The number of halogens is 1. The largest absolute Gasteiger partial charge is 0.486 e. The van der Waals surface area contributed by atoms with E-state index >= 15 is 0 Å². The fourth-order valence-electron chi connectivity index (χ4n) is 2.63. The Bertz CT molecular complexity index is 551. The zero-order chi connectivity index (χ0) is 18.6. The molecule has 0 aromatic heterocycles. The maximum absolute atomic E-state index is 13.6. The predicted octanol–water partition coefficient (Wildman–Crippen LogP) is 2.34. The Kier molecular flexibility index (Phi) is 9.20. The van der Waals surface area contributed by atoms with Crippen LogP contribution < -0.4 is 15.4 Å². The van der Waals surface area contributed by atoms with Gasteiger partial charge in [0.2, 0.25) is 0 Å². The Morgan fingerprint density at radius 1 is 1.31 bits per heavy atom. The topological polar surface area (TPSA) is 64.1 Å². The first-order chi connectivity index (χ1) is 12.7. The van der Waals surface area contributed by atoms with Gasteiger partial charge in [0.25, 0.3) is 0 Å². The van der Waals surface area contributed by atoms with Gasteiger partial charge in [-0.05, 0) is 38.3 Å². The summed E-state index contributed by atoms with van der Waals surface area (Å²) >= 11 is 0. The SMILES string of the molecule is CN=C(NCCCOC1CCOCC1)NCC(C)Oc1ccccc1F. The minimum atomic E-state index is -0.355. The van der Waals surface area contributed by atoms with E-state index < -0.39 is 0 Å². The van der Waals surface area contributed by atoms with Crippen LogP contribution in [0.4, 0.5) is 4.39 Å². The molecular weight excluding hydrogens is 337 g/mol. The lowest BCUT2D eigenvalue weighted by Gasteiger charge is -2.22. The van der Waals surface area contributed by atoms with Crippen LogP contribution in [-0.2, 0) is 9.47 Å². The Hall–Kier alpha value is -1.86. The summed E-state index contributed by atoms with van der Waals surface area (Å²) in [6.07, 6.45) is 3.01. The summed E-state index contributed by atoms with van der Waals surface area (Å²) in [6, 6.07) is 6.40. The fraction of sp³-hybridized carbons (Fsp3) is 0.632. The summed E-state index contributed by atoms with van der Waals surface area (Å²) in [5.41, 5.74) is 0. The number of hydrogen-bond acceptors (Lipinski definition) is 4. The first-order valence-corrected chi connectivity index (χ1v) is 9.24. The molecule has 1 atom stereocenters. The summed E-state index contributed by atoms with van der Waals surface area (Å²) < 4.78 is 30.3. The first-order valence-electron chi connectivity index (χ1n) is 9.24. The highest BCUT2D eigenvalue weighted by molar-refractivity contribution is 5.79. The van der Waals surface area contributed by atoms with Crippen LogP contribution in [0, 0.1) is 5.82 Å². The van der Waals surface area contributed by atoms with Gasteiger partial charge in [0, 0.05) is 33.4 Å². The average molecular weight is 367 g/mol. The van der Waals surface area contributed by atoms with Crippen LogP contribution in [0.15, 0.2) is 29.3 Å². The monoisotopic (exact) mass is 367 g/mol. The Labute approximate surface area is 155 Å². The predicted molar refractivity (Wildman–Crippen MR) is 100 cm³/mol. The molecule has 1 unspecified atom stereocenters. The summed E-state index contributed by atoms with van der Waals surface area (Å²) in [4.78, 5) is 4.18. The van der Waals surface area contributed by atoms with Gasteiger partial charge in [-0.25, -0.2) is 4.39 Å². The lowest BCUT2D eigenvalue weighted by atomic mass is 10.1. The molecule has 0 amide bonds. The summed E-state index contributed by atoms with van der Waals surface area (Å²) in [7, 11) is 1.72. The highest BCUT2D eigenvalue weighted by Crippen LogP contribution is 2.16. The summed E-state index contributed by atoms with van der Waals surface area (Å²) in [5.74, 6) is 0.599. The number of nitrogens with one attached hydrogen (secondary N) is 2. The number of aliphatic imine (C=N–C) groups is 1. The van der Waals surface area contributed by atoms with Crippen molar-refractivity contribution < 1.29 is 18.6 Å². The van der Waals surface area contributed by atoms with Crippen LogP contribution in [0.1, 0.15) is 26.2 Å². The van der Waals surface area contributed by atoms with Gasteiger partial charge in [-0.1, -0.05) is 12.1 Å². The Morgan fingerprint density at radius 3 is 2.81 bits per heavy atom. The van der Waals surface area contributed by atoms with E-state index in [2.05, 4.69) is 15.6 Å². The van der Waals surface area contributed by atoms with Crippen molar-refractivity contribution in [2.24, 2.45) is 4.99 Å². The third kappa shape index (κ3) is 7.58. The van der Waals surface area contributed by atoms with Gasteiger partial charge < -0.3 is 24.8 Å². The Balaban J connectivity index is 1.57. The molecule has 7 heteroatoms. The first kappa shape index (κ1) is 20.5. The number of benzene rings is 1. The average Bonchev–Trinajstić information content (AvgIpc) is 2.66. The lowest BCUT2D eigenvalue weighted by Crippen LogP contribution is -2.42. The molecule has 1 heterocycles. The van der Waals surface area contributed by atoms with Crippen LogP contribution in [-0.4, -0.2) is 58.1 Å². The fourth-order valence-corrected chi connectivity index (χ4v) is 2.63. The quantitative estimate of drug-likeness (QED) is 0.398. The number of rotatable bonds is 9. The Morgan fingerprint density at radius 2 is 2.08 bits per heavy atom. The molecule has 146 valence electrons. The standard InChI is InChI=1S/C19H30FN3O3/c1-15(26-18-7-4-3-6-17(18)20)14-23-19(21-2)22-10-5-11-25-16-8-12-24-13-9-16/h3-4,6-7,15-16H,5,8-14H2,1-2H3,(H2,21,22,23). The van der Waals surface area contributed by atoms with Crippen molar-refractivity contribution in [1.29, 1.82) is 0 Å². The third-order valence-electron chi connectivity index (χ3n) is 4.08. The second-order valence-electron chi connectivity index (χ2n) is 6.27. The lowest BCUT2D eigenvalue weighted by molar-refractivity contribution is -0.0320. The number of ether oxygens (including phenoxy) is 3. The molecule has 2 N–H and O–H groups in total. The molecule has 0 spiro atoms. The number of guanidine groups is 1. The minimum Gasteiger partial charge on any atom is -0.486 e. The van der Waals surface area contributed by atoms with Crippen molar-refractivity contribution in [3.8, 4) is 5.75 Å². The van der Waals surface area contributed by atoms with Crippen molar-refractivity contribution in [2.45, 2.75) is 38.4 Å². The normalized spacial score (nSPS) is 17.0. The highest BCUT2D eigenvalue weighted by atomic mass is 19.1. The van der Waals surface area contributed by atoms with E-state index in [0.29, 0.717) is 18.6 Å². The highest BCUT2D eigenvalue weighted by Gasteiger charge is 2.13. The van der Waals surface area contributed by atoms with Gasteiger partial charge in [-0.15, -0.1) is 0 Å². The van der Waals surface area contributed by atoms with Crippen molar-refractivity contribution in [3.05, 3.63) is 30.1 Å². The number of nitrogens with zero attached hydrogens (tertiary/aromatic N) is 1. The van der Waals surface area contributed by atoms with Crippen LogP contribution in [0.3, 0.4) is 0 Å². The van der Waals surface area contributed by atoms with Crippen LogP contribution in [0.2, 0.25) is 0 Å². The van der Waals surface area contributed by atoms with Gasteiger partial charge in [-0.3, -0.25) is 4.99 Å². The maximum Gasteiger partial charge on any atom is 0.191 e. The van der Waals surface area contributed by atoms with E-state index in [9.17, 15) is 4.39 Å². The molecule has 1 aromatic rings. The molecule has 0 radical (unpaired) electrons. The van der Waals surface area contributed by atoms with E-state index in [0.717, 1.165) is 45.6 Å². The maximum atomic E-state index is 13.6. The van der Waals surface area contributed by atoms with E-state index in [4.69, 9.17) is 14.2 Å². The molecule has 1 aliphatic rings. The van der Waals surface area contributed by atoms with E-state index in [1.165, 1.54) is 6.07 Å². The van der Waals surface area contributed by atoms with Crippen molar-refractivity contribution in [3.63, 3.8) is 0 Å². The minimum absolute atomic E-state index is 0.192. The zero-order valence-electron chi connectivity index (χ0n) is 15.7. The zero-order valence-corrected chi connectivity index (χ0v) is 15.7. The second-order valence-corrected chi connectivity index (χ2v) is 6.27. The molecular formula is C19H30FN3O3. The van der Waals surface area contributed by atoms with Gasteiger partial charge >= 0.3 is 0 Å². The molecule has 6 nitrogen and oxygen atoms in total. The van der Waals surface area contributed by atoms with E-state index in [1.807, 2.05) is 6.92 Å². The van der Waals surface area contributed by atoms with E-state index in [-0.39, 0.29) is 17.7 Å². The van der Waals surface area contributed by atoms with Crippen LogP contribution >= 0.6 is 0 Å². The smallest absolute Gasteiger partial charge is 0.191 e. The summed E-state index contributed by atoms with van der Waals surface area (Å²) in [6.45, 7) is 5.49. The van der Waals surface area contributed by atoms with Gasteiger partial charge in [0.1, 0.15) is 6.10 Å². The van der Waals surface area contributed by atoms with Gasteiger partial charge in [0.15, 0.2) is 17.5 Å². The third-order valence-corrected chi connectivity index (χ3v) is 4.08. The van der Waals surface area contributed by atoms with Crippen LogP contribution in [0.25, 0.3) is 0 Å². The molecule has 0 bridgehead atoms. The van der Waals surface area contributed by atoms with Crippen molar-refractivity contribution in [1.82, 2.24) is 10.6 Å². The van der Waals surface area contributed by atoms with Gasteiger partial charge in [0.05, 0.1) is 12.6 Å².